The van der Waals surface area contributed by atoms with Crippen LogP contribution < -0.4 is 5.32 Å². The lowest BCUT2D eigenvalue weighted by Gasteiger charge is -2.23. The number of nitrogens with one attached hydrogen (secondary N) is 1. The predicted molar refractivity (Wildman–Crippen MR) is 83.3 cm³/mol. The second-order valence-electron chi connectivity index (χ2n) is 5.83. The molecule has 2 rings (SSSR count). The first kappa shape index (κ1) is 15.2. The van der Waals surface area contributed by atoms with Crippen molar-refractivity contribution in [3.63, 3.8) is 0 Å². The van der Waals surface area contributed by atoms with Crippen LogP contribution in [0.4, 0.5) is 4.39 Å². The highest BCUT2D eigenvalue weighted by molar-refractivity contribution is 5.32. The van der Waals surface area contributed by atoms with Crippen molar-refractivity contribution < 1.29 is 4.39 Å². The monoisotopic (exact) mass is 275 g/mol. The number of hydrogen-bond acceptors (Lipinski definition) is 1. The fourth-order valence-electron chi connectivity index (χ4n) is 2.98. The van der Waals surface area contributed by atoms with Gasteiger partial charge in [-0.1, -0.05) is 31.1 Å². The van der Waals surface area contributed by atoms with E-state index in [9.17, 15) is 4.39 Å². The van der Waals surface area contributed by atoms with Gasteiger partial charge in [0.2, 0.25) is 0 Å². The Hall–Kier alpha value is -1.15. The Bertz CT molecular complexity index is 444. The Balaban J connectivity index is 2.27. The van der Waals surface area contributed by atoms with E-state index in [4.69, 9.17) is 0 Å². The summed E-state index contributed by atoms with van der Waals surface area (Å²) in [5.41, 5.74) is 3.52. The van der Waals surface area contributed by atoms with Gasteiger partial charge in [-0.3, -0.25) is 0 Å². The van der Waals surface area contributed by atoms with E-state index in [0.29, 0.717) is 0 Å². The van der Waals surface area contributed by atoms with E-state index in [1.54, 1.807) is 12.1 Å². The van der Waals surface area contributed by atoms with Gasteiger partial charge in [0, 0.05) is 0 Å². The van der Waals surface area contributed by atoms with Crippen LogP contribution in [0.5, 0.6) is 0 Å². The van der Waals surface area contributed by atoms with Crippen molar-refractivity contribution in [1.82, 2.24) is 5.32 Å². The summed E-state index contributed by atoms with van der Waals surface area (Å²) in [7, 11) is 0. The highest BCUT2D eigenvalue weighted by Gasteiger charge is 2.18. The molecule has 1 aromatic rings. The number of halogens is 1. The second-order valence-corrected chi connectivity index (χ2v) is 5.83. The molecule has 0 fully saturated rings. The van der Waals surface area contributed by atoms with Gasteiger partial charge in [0.1, 0.15) is 5.82 Å². The Morgan fingerprint density at radius 1 is 1.20 bits per heavy atom. The molecule has 1 nitrogen and oxygen atoms in total. The van der Waals surface area contributed by atoms with Crippen molar-refractivity contribution in [2.45, 2.75) is 58.4 Å². The predicted octanol–water partition coefficient (Wildman–Crippen LogP) is 5.07. The lowest BCUT2D eigenvalue weighted by Crippen LogP contribution is -2.24. The van der Waals surface area contributed by atoms with Crippen molar-refractivity contribution in [2.75, 3.05) is 6.54 Å². The van der Waals surface area contributed by atoms with E-state index < -0.39 is 0 Å². The SMILES string of the molecule is CCCNC(C1=CCCCCC1)c1cc(C)cc(F)c1. The first-order chi connectivity index (χ1) is 9.70. The van der Waals surface area contributed by atoms with Gasteiger partial charge in [-0.25, -0.2) is 4.39 Å². The smallest absolute Gasteiger partial charge is 0.123 e. The molecule has 1 atom stereocenters. The van der Waals surface area contributed by atoms with Gasteiger partial charge in [0.15, 0.2) is 0 Å². The number of benzene rings is 1. The molecule has 0 bridgehead atoms. The van der Waals surface area contributed by atoms with Gasteiger partial charge in [-0.15, -0.1) is 0 Å². The summed E-state index contributed by atoms with van der Waals surface area (Å²) in [5, 5.41) is 3.60. The lowest BCUT2D eigenvalue weighted by molar-refractivity contribution is 0.559. The van der Waals surface area contributed by atoms with Gasteiger partial charge in [0.05, 0.1) is 6.04 Å². The van der Waals surface area contributed by atoms with E-state index in [1.807, 2.05) is 6.92 Å². The van der Waals surface area contributed by atoms with Crippen LogP contribution in [0.15, 0.2) is 29.8 Å². The van der Waals surface area contributed by atoms with Gasteiger partial charge in [0.25, 0.3) is 0 Å². The van der Waals surface area contributed by atoms with Crippen LogP contribution in [0.25, 0.3) is 0 Å². The molecule has 110 valence electrons. The van der Waals surface area contributed by atoms with Crippen molar-refractivity contribution in [1.29, 1.82) is 0 Å². The molecule has 0 saturated heterocycles. The zero-order valence-corrected chi connectivity index (χ0v) is 12.7. The van der Waals surface area contributed by atoms with Crippen LogP contribution in [0.2, 0.25) is 0 Å². The Kier molecular flexibility index (Phi) is 5.78. The second kappa shape index (κ2) is 7.58. The zero-order chi connectivity index (χ0) is 14.4. The van der Waals surface area contributed by atoms with Crippen LogP contribution in [-0.2, 0) is 0 Å². The minimum atomic E-state index is -0.127. The maximum atomic E-state index is 13.7. The Labute approximate surface area is 122 Å². The minimum Gasteiger partial charge on any atom is -0.307 e. The zero-order valence-electron chi connectivity index (χ0n) is 12.7. The highest BCUT2D eigenvalue weighted by Crippen LogP contribution is 2.30. The third kappa shape index (κ3) is 4.17. The van der Waals surface area contributed by atoms with Crippen LogP contribution >= 0.6 is 0 Å². The van der Waals surface area contributed by atoms with Gasteiger partial charge < -0.3 is 5.32 Å². The summed E-state index contributed by atoms with van der Waals surface area (Å²) in [4.78, 5) is 0. The van der Waals surface area contributed by atoms with Crippen molar-refractivity contribution >= 4 is 0 Å². The molecular weight excluding hydrogens is 249 g/mol. The van der Waals surface area contributed by atoms with Gasteiger partial charge in [-0.05, 0) is 68.8 Å². The molecule has 1 unspecified atom stereocenters. The first-order valence-electron chi connectivity index (χ1n) is 7.90. The molecule has 1 aliphatic rings. The van der Waals surface area contributed by atoms with Crippen LogP contribution in [-0.4, -0.2) is 6.54 Å². The molecule has 0 saturated carbocycles. The van der Waals surface area contributed by atoms with Gasteiger partial charge >= 0.3 is 0 Å². The summed E-state index contributed by atoms with van der Waals surface area (Å²) in [6.45, 7) is 5.10. The molecule has 20 heavy (non-hydrogen) atoms. The Morgan fingerprint density at radius 2 is 2.05 bits per heavy atom. The summed E-state index contributed by atoms with van der Waals surface area (Å²) in [6.07, 6.45) is 9.61. The minimum absolute atomic E-state index is 0.127. The molecule has 0 heterocycles. The van der Waals surface area contributed by atoms with Crippen molar-refractivity contribution in [2.24, 2.45) is 0 Å². The fraction of sp³-hybridized carbons (Fsp3) is 0.556. The average molecular weight is 275 g/mol. The highest BCUT2D eigenvalue weighted by atomic mass is 19.1. The summed E-state index contributed by atoms with van der Waals surface area (Å²) < 4.78 is 13.7. The quantitative estimate of drug-likeness (QED) is 0.740. The maximum Gasteiger partial charge on any atom is 0.123 e. The van der Waals surface area contributed by atoms with E-state index in [1.165, 1.54) is 24.8 Å². The maximum absolute atomic E-state index is 13.7. The molecule has 0 spiro atoms. The molecule has 0 radical (unpaired) electrons. The molecule has 1 N–H and O–H groups in total. The molecule has 0 aliphatic heterocycles. The largest absolute Gasteiger partial charge is 0.307 e. The fourth-order valence-corrected chi connectivity index (χ4v) is 2.98. The molecular formula is C18H26FN. The normalized spacial score (nSPS) is 17.4. The number of rotatable bonds is 5. The first-order valence-corrected chi connectivity index (χ1v) is 7.90. The molecule has 1 aliphatic carbocycles. The summed E-state index contributed by atoms with van der Waals surface area (Å²) >= 11 is 0. The standard InChI is InChI=1S/C18H26FN/c1-3-10-20-18(15-8-6-4-5-7-9-15)16-11-14(2)12-17(19)13-16/h8,11-13,18,20H,3-7,9-10H2,1-2H3. The van der Waals surface area contributed by atoms with Gasteiger partial charge in [-0.2, -0.15) is 0 Å². The van der Waals surface area contributed by atoms with E-state index in [-0.39, 0.29) is 11.9 Å². The topological polar surface area (TPSA) is 12.0 Å². The Morgan fingerprint density at radius 3 is 2.80 bits per heavy atom. The van der Waals surface area contributed by atoms with E-state index in [2.05, 4.69) is 24.4 Å². The summed E-state index contributed by atoms with van der Waals surface area (Å²) in [5.74, 6) is -0.127. The average Bonchev–Trinajstić information content (AvgIpc) is 2.67. The van der Waals surface area contributed by atoms with Crippen LogP contribution in [0.3, 0.4) is 0 Å². The number of allylic oxidation sites excluding steroid dienone is 1. The van der Waals surface area contributed by atoms with E-state index >= 15 is 0 Å². The van der Waals surface area contributed by atoms with E-state index in [0.717, 1.165) is 36.9 Å². The third-order valence-electron chi connectivity index (χ3n) is 3.94. The molecule has 0 amide bonds. The van der Waals surface area contributed by atoms with Crippen molar-refractivity contribution in [3.05, 3.63) is 46.8 Å². The molecule has 0 aromatic heterocycles. The third-order valence-corrected chi connectivity index (χ3v) is 3.94. The van der Waals surface area contributed by atoms with Crippen LogP contribution in [0, 0.1) is 12.7 Å². The number of hydrogen-bond donors (Lipinski definition) is 1. The van der Waals surface area contributed by atoms with Crippen molar-refractivity contribution in [3.8, 4) is 0 Å². The molecule has 1 aromatic carbocycles. The van der Waals surface area contributed by atoms with Crippen LogP contribution in [0.1, 0.15) is 62.6 Å². The summed E-state index contributed by atoms with van der Waals surface area (Å²) in [6, 6.07) is 5.58. The lowest BCUT2D eigenvalue weighted by atomic mass is 9.94. The number of aryl methyl sites for hydroxylation is 1. The molecule has 2 heteroatoms.